The molecule has 1 aliphatic carbocycles. The fourth-order valence-corrected chi connectivity index (χ4v) is 4.13. The van der Waals surface area contributed by atoms with Crippen LogP contribution in [-0.2, 0) is 4.74 Å². The summed E-state index contributed by atoms with van der Waals surface area (Å²) in [7, 11) is 1.37. The molecule has 25 heavy (non-hydrogen) atoms. The molecule has 0 aromatic heterocycles. The lowest BCUT2D eigenvalue weighted by Crippen LogP contribution is -2.58. The molecule has 1 aliphatic heterocycles. The van der Waals surface area contributed by atoms with Gasteiger partial charge < -0.3 is 16.2 Å². The van der Waals surface area contributed by atoms with E-state index in [1.807, 2.05) is 17.9 Å². The summed E-state index contributed by atoms with van der Waals surface area (Å²) < 4.78 is 5.67. The van der Waals surface area contributed by atoms with Crippen molar-refractivity contribution >= 4 is 39.5 Å². The molecule has 4 N–H and O–H groups in total. The van der Waals surface area contributed by atoms with Gasteiger partial charge in [0.2, 0.25) is 11.9 Å². The van der Waals surface area contributed by atoms with E-state index >= 15 is 0 Å². The van der Waals surface area contributed by atoms with Crippen LogP contribution in [0.15, 0.2) is 26.6 Å². The van der Waals surface area contributed by atoms with Crippen molar-refractivity contribution in [2.75, 3.05) is 12.0 Å². The summed E-state index contributed by atoms with van der Waals surface area (Å²) in [6.07, 6.45) is 4.91. The number of nitrogens with two attached hydrogens (primary N) is 2. The van der Waals surface area contributed by atoms with E-state index in [1.54, 1.807) is 6.07 Å². The van der Waals surface area contributed by atoms with Crippen LogP contribution >= 0.6 is 15.9 Å². The summed E-state index contributed by atoms with van der Waals surface area (Å²) >= 11 is 3.48. The predicted molar refractivity (Wildman–Crippen MR) is 102 cm³/mol. The summed E-state index contributed by atoms with van der Waals surface area (Å²) in [5, 5.41) is 0. The van der Waals surface area contributed by atoms with Gasteiger partial charge in [-0.15, -0.1) is 0 Å². The number of methoxy groups -OCH3 is 1. The Morgan fingerprint density at radius 3 is 2.60 bits per heavy atom. The van der Waals surface area contributed by atoms with E-state index < -0.39 is 11.6 Å². The molecule has 1 heterocycles. The number of nitrogens with zero attached hydrogens (tertiary/aromatic N) is 3. The van der Waals surface area contributed by atoms with Crippen LogP contribution in [0.25, 0.3) is 0 Å². The summed E-state index contributed by atoms with van der Waals surface area (Å²) in [6, 6.07) is 3.67. The summed E-state index contributed by atoms with van der Waals surface area (Å²) in [4.78, 5) is 22.9. The second-order valence-electron chi connectivity index (χ2n) is 6.41. The minimum atomic E-state index is -0.549. The van der Waals surface area contributed by atoms with E-state index in [0.717, 1.165) is 47.8 Å². The Kier molecular flexibility index (Phi) is 4.73. The Morgan fingerprint density at radius 2 is 1.96 bits per heavy atom. The second kappa shape index (κ2) is 6.67. The predicted octanol–water partition coefficient (Wildman–Crippen LogP) is 2.65. The Balaban J connectivity index is 2.18. The van der Waals surface area contributed by atoms with Gasteiger partial charge in [-0.25, -0.2) is 9.79 Å². The van der Waals surface area contributed by atoms with Crippen molar-refractivity contribution in [3.05, 3.63) is 27.7 Å². The van der Waals surface area contributed by atoms with Crippen LogP contribution in [-0.4, -0.2) is 30.7 Å². The number of carbonyl (C=O) groups excluding carboxylic acids is 1. The van der Waals surface area contributed by atoms with Crippen molar-refractivity contribution in [2.45, 2.75) is 44.7 Å². The molecule has 7 nitrogen and oxygen atoms in total. The number of benzene rings is 1. The summed E-state index contributed by atoms with van der Waals surface area (Å²) in [5.41, 5.74) is 13.7. The molecule has 1 aromatic rings. The molecule has 8 heteroatoms. The average molecular weight is 408 g/mol. The van der Waals surface area contributed by atoms with E-state index in [4.69, 9.17) is 16.2 Å². The van der Waals surface area contributed by atoms with E-state index in [2.05, 4.69) is 25.9 Å². The topological polar surface area (TPSA) is 106 Å². The molecule has 1 aromatic carbocycles. The Morgan fingerprint density at radius 1 is 1.28 bits per heavy atom. The fraction of sp³-hybridized carbons (Fsp3) is 0.471. The molecule has 0 saturated heterocycles. The highest BCUT2D eigenvalue weighted by atomic mass is 79.9. The first-order valence-electron chi connectivity index (χ1n) is 8.26. The molecule has 0 unspecified atom stereocenters. The van der Waals surface area contributed by atoms with Crippen molar-refractivity contribution in [3.63, 3.8) is 0 Å². The van der Waals surface area contributed by atoms with Crippen LogP contribution in [0.2, 0.25) is 0 Å². The van der Waals surface area contributed by atoms with E-state index in [9.17, 15) is 4.79 Å². The van der Waals surface area contributed by atoms with Crippen LogP contribution in [0.4, 0.5) is 5.69 Å². The molecule has 0 amide bonds. The third kappa shape index (κ3) is 3.10. The number of aliphatic imine (C=N–C) groups is 2. The number of rotatable bonds is 2. The first kappa shape index (κ1) is 17.7. The zero-order valence-corrected chi connectivity index (χ0v) is 16.0. The van der Waals surface area contributed by atoms with Crippen LogP contribution in [0.3, 0.4) is 0 Å². The molecule has 1 spiro atoms. The van der Waals surface area contributed by atoms with Crippen molar-refractivity contribution in [1.29, 1.82) is 0 Å². The number of hydrogen-bond donors (Lipinski definition) is 2. The maximum Gasteiger partial charge on any atom is 0.338 e. The molecule has 1 saturated carbocycles. The number of halogens is 1. The Bertz CT molecular complexity index is 769. The van der Waals surface area contributed by atoms with E-state index in [0.29, 0.717) is 11.5 Å². The van der Waals surface area contributed by atoms with Crippen molar-refractivity contribution < 1.29 is 9.53 Å². The lowest BCUT2D eigenvalue weighted by atomic mass is 9.86. The maximum absolute atomic E-state index is 12.2. The van der Waals surface area contributed by atoms with Crippen LogP contribution < -0.4 is 16.4 Å². The van der Waals surface area contributed by atoms with Gasteiger partial charge in [-0.05, 0) is 50.3 Å². The summed E-state index contributed by atoms with van der Waals surface area (Å²) in [6.45, 7) is 1.87. The standard InChI is InChI=1S/C17H22BrN5O2/c1-10-12(14(24)25-2)8-11(18)9-13(10)23-16(20)21-15(19)22-17(23)6-4-3-5-7-17/h8-9H,3-7H2,1-2H3,(H4,19,20,21,22). The van der Waals surface area contributed by atoms with Gasteiger partial charge >= 0.3 is 5.97 Å². The number of guanidine groups is 2. The van der Waals surface area contributed by atoms with Crippen molar-refractivity contribution in [2.24, 2.45) is 21.5 Å². The zero-order valence-electron chi connectivity index (χ0n) is 14.4. The Hall–Kier alpha value is -2.09. The number of hydrogen-bond acceptors (Lipinski definition) is 7. The van der Waals surface area contributed by atoms with Crippen LogP contribution in [0.1, 0.15) is 48.0 Å². The maximum atomic E-state index is 12.2. The van der Waals surface area contributed by atoms with E-state index in [1.165, 1.54) is 7.11 Å². The molecule has 0 radical (unpaired) electrons. The normalized spacial score (nSPS) is 19.4. The molecular formula is C17H22BrN5O2. The monoisotopic (exact) mass is 407 g/mol. The lowest BCUT2D eigenvalue weighted by Gasteiger charge is -2.46. The van der Waals surface area contributed by atoms with Gasteiger partial charge in [0.05, 0.1) is 18.4 Å². The van der Waals surface area contributed by atoms with Gasteiger partial charge in [0, 0.05) is 4.47 Å². The average Bonchev–Trinajstić information content (AvgIpc) is 2.56. The SMILES string of the molecule is COC(=O)c1cc(Br)cc(N2C(N)=NC(N)=NC23CCCCC3)c1C. The van der Waals surface area contributed by atoms with Gasteiger partial charge in [0.25, 0.3) is 0 Å². The fourth-order valence-electron chi connectivity index (χ4n) is 3.69. The lowest BCUT2D eigenvalue weighted by molar-refractivity contribution is 0.0600. The van der Waals surface area contributed by atoms with Gasteiger partial charge in [-0.3, -0.25) is 4.90 Å². The number of anilines is 1. The van der Waals surface area contributed by atoms with Crippen LogP contribution in [0.5, 0.6) is 0 Å². The first-order chi connectivity index (χ1) is 11.9. The van der Waals surface area contributed by atoms with Gasteiger partial charge in [0.1, 0.15) is 5.66 Å². The smallest absolute Gasteiger partial charge is 0.338 e. The quantitative estimate of drug-likeness (QED) is 0.732. The number of carbonyl (C=O) groups is 1. The van der Waals surface area contributed by atoms with Gasteiger partial charge in [-0.2, -0.15) is 4.99 Å². The molecule has 3 rings (SSSR count). The Labute approximate surface area is 155 Å². The zero-order chi connectivity index (χ0) is 18.2. The highest BCUT2D eigenvalue weighted by Gasteiger charge is 2.43. The number of ether oxygens (including phenoxy) is 1. The van der Waals surface area contributed by atoms with Crippen molar-refractivity contribution in [3.8, 4) is 0 Å². The van der Waals surface area contributed by atoms with Gasteiger partial charge in [-0.1, -0.05) is 22.4 Å². The third-order valence-corrected chi connectivity index (χ3v) is 5.30. The van der Waals surface area contributed by atoms with Crippen LogP contribution in [0, 0.1) is 6.92 Å². The van der Waals surface area contributed by atoms with Crippen molar-refractivity contribution in [1.82, 2.24) is 0 Å². The molecule has 2 aliphatic rings. The third-order valence-electron chi connectivity index (χ3n) is 4.84. The summed E-state index contributed by atoms with van der Waals surface area (Å²) in [5.74, 6) is 0.108. The minimum absolute atomic E-state index is 0.205. The molecular weight excluding hydrogens is 386 g/mol. The van der Waals surface area contributed by atoms with Gasteiger partial charge in [0.15, 0.2) is 0 Å². The highest BCUT2D eigenvalue weighted by molar-refractivity contribution is 9.10. The number of esters is 1. The molecule has 0 atom stereocenters. The molecule has 1 fully saturated rings. The first-order valence-corrected chi connectivity index (χ1v) is 9.05. The highest BCUT2D eigenvalue weighted by Crippen LogP contribution is 2.41. The largest absolute Gasteiger partial charge is 0.465 e. The minimum Gasteiger partial charge on any atom is -0.465 e. The van der Waals surface area contributed by atoms with E-state index in [-0.39, 0.29) is 5.96 Å². The molecule has 134 valence electrons. The second-order valence-corrected chi connectivity index (χ2v) is 7.32. The molecule has 0 bridgehead atoms.